The molecule has 0 aromatic heterocycles. The van der Waals surface area contributed by atoms with E-state index in [0.717, 1.165) is 6.54 Å². The van der Waals surface area contributed by atoms with Crippen molar-refractivity contribution >= 4 is 6.29 Å². The molecule has 1 radical (unpaired) electrons. The third-order valence-corrected chi connectivity index (χ3v) is 0.899. The molecule has 0 atom stereocenters. The summed E-state index contributed by atoms with van der Waals surface area (Å²) < 4.78 is 0. The molecule has 10 heavy (non-hydrogen) atoms. The van der Waals surface area contributed by atoms with Gasteiger partial charge in [0.25, 0.3) is 0 Å². The van der Waals surface area contributed by atoms with Gasteiger partial charge in [-0.25, -0.2) is 0 Å². The van der Waals surface area contributed by atoms with Crippen LogP contribution in [0.4, 0.5) is 0 Å². The van der Waals surface area contributed by atoms with Gasteiger partial charge in [0.15, 0.2) is 0 Å². The molecule has 0 aromatic carbocycles. The van der Waals surface area contributed by atoms with Gasteiger partial charge in [-0.3, -0.25) is 7.05 Å². The van der Waals surface area contributed by atoms with Crippen LogP contribution < -0.4 is 0 Å². The van der Waals surface area contributed by atoms with Crippen LogP contribution in [0.2, 0.25) is 0 Å². The van der Waals surface area contributed by atoms with Crippen molar-refractivity contribution in [2.75, 3.05) is 6.54 Å². The number of rotatable bonds is 0. The molecule has 0 fully saturated rings. The Kier molecular flexibility index (Phi) is 11.8. The second-order valence-electron chi connectivity index (χ2n) is 1.65. The fraction of sp³-hybridized carbons (Fsp3) is 0.286. The molecular weight excluding hydrogens is 203 g/mol. The van der Waals surface area contributed by atoms with Crippen LogP contribution in [0.1, 0.15) is 6.42 Å². The number of carbonyl (C=O) groups is 1. The molecule has 1 rings (SSSR count). The monoisotopic (exact) mass is 214 g/mol. The summed E-state index contributed by atoms with van der Waals surface area (Å²) in [5.41, 5.74) is 0. The molecule has 3 heteroatoms. The Morgan fingerprint density at radius 2 is 2.10 bits per heavy atom. The molecule has 0 spiro atoms. The van der Waals surface area contributed by atoms with E-state index in [2.05, 4.69) is 20.0 Å². The Morgan fingerprint density at radius 3 is 2.20 bits per heavy atom. The maximum absolute atomic E-state index is 8.69. The van der Waals surface area contributed by atoms with Crippen molar-refractivity contribution in [3.63, 3.8) is 0 Å². The van der Waals surface area contributed by atoms with Gasteiger partial charge in [0, 0.05) is 32.7 Å². The van der Waals surface area contributed by atoms with Gasteiger partial charge in [-0.2, -0.15) is 0 Å². The van der Waals surface area contributed by atoms with Crippen molar-refractivity contribution in [1.29, 1.82) is 0 Å². The van der Waals surface area contributed by atoms with Gasteiger partial charge < -0.3 is 16.6 Å². The summed E-state index contributed by atoms with van der Waals surface area (Å²) in [7, 11) is 3.68. The molecule has 0 saturated carbocycles. The van der Waals surface area contributed by atoms with Crippen LogP contribution in [0, 0.1) is 14.0 Å². The number of nitrogens with zero attached hydrogens (tertiary/aromatic N) is 1. The molecular formula is C7H11NOY-2. The average molecular weight is 214 g/mol. The standard InChI is InChI=1S/C5H8N.C2H3O.Y/c1-6-4-2-3-5-6;1-2-3;/h2,4H,1,3,5H2;2H,1H2;/q2*-1;. The van der Waals surface area contributed by atoms with Gasteiger partial charge in [0.1, 0.15) is 0 Å². The van der Waals surface area contributed by atoms with Crippen LogP contribution >= 0.6 is 0 Å². The minimum Gasteiger partial charge on any atom is -0.531 e. The van der Waals surface area contributed by atoms with Crippen LogP contribution in [0.3, 0.4) is 0 Å². The molecule has 0 N–H and O–H groups in total. The third kappa shape index (κ3) is 8.18. The van der Waals surface area contributed by atoms with Gasteiger partial charge in [-0.15, -0.1) is 0 Å². The van der Waals surface area contributed by atoms with Crippen molar-refractivity contribution in [1.82, 2.24) is 4.90 Å². The molecule has 1 aliphatic heterocycles. The SMILES string of the molecule is [CH2-]C=O.[CH2-]N1C=CCC1.[Y]. The quantitative estimate of drug-likeness (QED) is 0.443. The molecule has 0 saturated heterocycles. The largest absolute Gasteiger partial charge is 0.531 e. The van der Waals surface area contributed by atoms with Crippen LogP contribution in [-0.4, -0.2) is 17.7 Å². The van der Waals surface area contributed by atoms with Crippen molar-refractivity contribution in [3.8, 4) is 0 Å². The Labute approximate surface area is 87.5 Å². The Bertz CT molecular complexity index is 104. The zero-order valence-electron chi connectivity index (χ0n) is 5.99. The molecule has 1 aliphatic rings. The van der Waals surface area contributed by atoms with E-state index in [1.807, 2.05) is 11.1 Å². The summed E-state index contributed by atoms with van der Waals surface area (Å²) in [6.07, 6.45) is 5.79. The first kappa shape index (κ1) is 12.8. The Hall–Kier alpha value is 0.184. The smallest absolute Gasteiger partial charge is 0 e. The van der Waals surface area contributed by atoms with Crippen molar-refractivity contribution < 1.29 is 37.5 Å². The van der Waals surface area contributed by atoms with Crippen molar-refractivity contribution in [3.05, 3.63) is 26.2 Å². The zero-order chi connectivity index (χ0) is 7.11. The molecule has 55 valence electrons. The zero-order valence-corrected chi connectivity index (χ0v) is 8.83. The molecule has 0 aliphatic carbocycles. The summed E-state index contributed by atoms with van der Waals surface area (Å²) in [6.45, 7) is 3.90. The third-order valence-electron chi connectivity index (χ3n) is 0.899. The van der Waals surface area contributed by atoms with Gasteiger partial charge in [0.2, 0.25) is 0 Å². The van der Waals surface area contributed by atoms with Crippen LogP contribution in [-0.2, 0) is 37.5 Å². The molecule has 0 amide bonds. The maximum Gasteiger partial charge on any atom is 0 e. The molecule has 0 aromatic rings. The topological polar surface area (TPSA) is 20.3 Å². The van der Waals surface area contributed by atoms with Crippen LogP contribution in [0.25, 0.3) is 0 Å². The predicted molar refractivity (Wildman–Crippen MR) is 37.2 cm³/mol. The van der Waals surface area contributed by atoms with Crippen LogP contribution in [0.15, 0.2) is 12.3 Å². The Balaban J connectivity index is 0. The number of carbonyl (C=O) groups excluding carboxylic acids is 1. The van der Waals surface area contributed by atoms with E-state index in [4.69, 9.17) is 4.79 Å². The van der Waals surface area contributed by atoms with Gasteiger partial charge >= 0.3 is 0 Å². The summed E-state index contributed by atoms with van der Waals surface area (Å²) in [5, 5.41) is 0. The minimum atomic E-state index is 0. The number of aldehydes is 1. The van der Waals surface area contributed by atoms with E-state index >= 15 is 0 Å². The van der Waals surface area contributed by atoms with E-state index in [0.29, 0.717) is 6.29 Å². The maximum atomic E-state index is 8.69. The van der Waals surface area contributed by atoms with E-state index in [9.17, 15) is 0 Å². The van der Waals surface area contributed by atoms with E-state index in [1.54, 1.807) is 0 Å². The normalized spacial score (nSPS) is 13.1. The summed E-state index contributed by atoms with van der Waals surface area (Å²) in [6, 6.07) is 0. The molecule has 2 nitrogen and oxygen atoms in total. The second kappa shape index (κ2) is 9.18. The van der Waals surface area contributed by atoms with Gasteiger partial charge in [-0.1, -0.05) is 6.08 Å². The van der Waals surface area contributed by atoms with E-state index in [1.165, 1.54) is 6.42 Å². The minimum absolute atomic E-state index is 0. The fourth-order valence-electron chi connectivity index (χ4n) is 0.539. The average Bonchev–Trinajstić information content (AvgIpc) is 2.20. The van der Waals surface area contributed by atoms with Crippen LogP contribution in [0.5, 0.6) is 0 Å². The summed E-state index contributed by atoms with van der Waals surface area (Å²) in [4.78, 5) is 10.6. The van der Waals surface area contributed by atoms with Gasteiger partial charge in [0.05, 0.1) is 0 Å². The van der Waals surface area contributed by atoms with E-state index in [-0.39, 0.29) is 32.7 Å². The first-order valence-corrected chi connectivity index (χ1v) is 2.78. The second-order valence-corrected chi connectivity index (χ2v) is 1.65. The van der Waals surface area contributed by atoms with Crippen molar-refractivity contribution in [2.45, 2.75) is 6.42 Å². The van der Waals surface area contributed by atoms with E-state index < -0.39 is 0 Å². The molecule has 1 heterocycles. The fourth-order valence-corrected chi connectivity index (χ4v) is 0.539. The first-order valence-electron chi connectivity index (χ1n) is 2.78. The molecule has 0 bridgehead atoms. The molecule has 0 unspecified atom stereocenters. The van der Waals surface area contributed by atoms with Gasteiger partial charge in [-0.05, 0) is 25.5 Å². The first-order chi connectivity index (χ1) is 4.31. The Morgan fingerprint density at radius 1 is 1.60 bits per heavy atom. The summed E-state index contributed by atoms with van der Waals surface area (Å²) >= 11 is 0. The number of hydrogen-bond acceptors (Lipinski definition) is 2. The van der Waals surface area contributed by atoms with Crippen molar-refractivity contribution in [2.24, 2.45) is 0 Å². The number of hydrogen-bond donors (Lipinski definition) is 0. The predicted octanol–water partition coefficient (Wildman–Crippen LogP) is 1.01. The summed E-state index contributed by atoms with van der Waals surface area (Å²) in [5.74, 6) is 0.